The molecule has 2 rings (SSSR count). The number of nitrogen functional groups attached to an aromatic ring is 1. The second-order valence-electron chi connectivity index (χ2n) is 3.93. The minimum atomic E-state index is -0.450. The van der Waals surface area contributed by atoms with Gasteiger partial charge in [-0.1, -0.05) is 11.6 Å². The molecule has 2 heterocycles. The molecule has 0 saturated carbocycles. The van der Waals surface area contributed by atoms with E-state index in [2.05, 4.69) is 5.10 Å². The zero-order valence-electron chi connectivity index (χ0n) is 10.0. The maximum absolute atomic E-state index is 11.4. The van der Waals surface area contributed by atoms with E-state index in [4.69, 9.17) is 21.9 Å². The summed E-state index contributed by atoms with van der Waals surface area (Å²) in [4.78, 5) is 11.4. The highest BCUT2D eigenvalue weighted by Crippen LogP contribution is 2.18. The molecule has 0 atom stereocenters. The molecule has 0 aliphatic heterocycles. The fourth-order valence-corrected chi connectivity index (χ4v) is 1.79. The first-order chi connectivity index (χ1) is 8.52. The normalized spacial score (nSPS) is 10.7. The van der Waals surface area contributed by atoms with Crippen molar-refractivity contribution in [2.45, 2.75) is 20.4 Å². The first-order valence-corrected chi connectivity index (χ1v) is 5.69. The fraction of sp³-hybridized carbons (Fsp3) is 0.273. The van der Waals surface area contributed by atoms with Crippen LogP contribution in [-0.4, -0.2) is 15.7 Å². The summed E-state index contributed by atoms with van der Waals surface area (Å²) in [5, 5.41) is 4.71. The van der Waals surface area contributed by atoms with Crippen LogP contribution >= 0.6 is 11.6 Å². The maximum atomic E-state index is 11.4. The lowest BCUT2D eigenvalue weighted by Crippen LogP contribution is -2.30. The van der Waals surface area contributed by atoms with Gasteiger partial charge in [0.2, 0.25) is 0 Å². The number of halogens is 1. The highest BCUT2D eigenvalue weighted by atomic mass is 35.5. The average Bonchev–Trinajstić information content (AvgIpc) is 2.86. The Kier molecular flexibility index (Phi) is 3.40. The van der Waals surface area contributed by atoms with Crippen molar-refractivity contribution in [1.29, 1.82) is 0 Å². The highest BCUT2D eigenvalue weighted by molar-refractivity contribution is 6.31. The second kappa shape index (κ2) is 4.83. The number of carbonyl (C=O) groups excluding carboxylic acids is 1. The van der Waals surface area contributed by atoms with Crippen LogP contribution in [0.15, 0.2) is 16.7 Å². The van der Waals surface area contributed by atoms with Crippen molar-refractivity contribution in [3.05, 3.63) is 40.1 Å². The molecule has 2 aromatic heterocycles. The predicted molar refractivity (Wildman–Crippen MR) is 66.2 cm³/mol. The Balaban J connectivity index is 2.25. The Morgan fingerprint density at radius 3 is 2.89 bits per heavy atom. The van der Waals surface area contributed by atoms with Crippen LogP contribution in [0, 0.1) is 13.8 Å². The number of aryl methyl sites for hydroxylation is 1. The summed E-state index contributed by atoms with van der Waals surface area (Å²) in [7, 11) is 0. The predicted octanol–water partition coefficient (Wildman–Crippen LogP) is 1.40. The van der Waals surface area contributed by atoms with E-state index >= 15 is 0 Å². The molecule has 0 fully saturated rings. The summed E-state index contributed by atoms with van der Waals surface area (Å²) in [5.41, 5.74) is 3.61. The quantitative estimate of drug-likeness (QED) is 0.500. The lowest BCUT2D eigenvalue weighted by Gasteiger charge is -2.01. The minimum absolute atomic E-state index is 0.211. The monoisotopic (exact) mass is 268 g/mol. The third-order valence-corrected chi connectivity index (χ3v) is 3.03. The summed E-state index contributed by atoms with van der Waals surface area (Å²) in [6.45, 7) is 4.05. The molecular formula is C11H13ClN4O2. The zero-order valence-corrected chi connectivity index (χ0v) is 10.8. The smallest absolute Gasteiger partial charge is 0.301 e. The van der Waals surface area contributed by atoms with E-state index in [1.54, 1.807) is 23.9 Å². The molecule has 3 N–H and O–H groups in total. The van der Waals surface area contributed by atoms with Crippen LogP contribution in [0.25, 0.3) is 0 Å². The number of hydrogen-bond donors (Lipinski definition) is 2. The molecule has 7 heteroatoms. The van der Waals surface area contributed by atoms with Gasteiger partial charge in [-0.2, -0.15) is 5.10 Å². The number of nitrogens with zero attached hydrogens (tertiary/aromatic N) is 2. The van der Waals surface area contributed by atoms with Gasteiger partial charge in [0.05, 0.1) is 23.5 Å². The Bertz CT molecular complexity index is 588. The van der Waals surface area contributed by atoms with Crippen LogP contribution in [0.3, 0.4) is 0 Å². The Labute approximate surface area is 109 Å². The van der Waals surface area contributed by atoms with Gasteiger partial charge in [0.1, 0.15) is 5.76 Å². The van der Waals surface area contributed by atoms with Crippen LogP contribution in [0.4, 0.5) is 0 Å². The van der Waals surface area contributed by atoms with Crippen LogP contribution in [0.5, 0.6) is 0 Å². The van der Waals surface area contributed by atoms with Crippen LogP contribution < -0.4 is 11.3 Å². The second-order valence-corrected chi connectivity index (χ2v) is 4.34. The van der Waals surface area contributed by atoms with Crippen LogP contribution in [-0.2, 0) is 6.54 Å². The molecule has 2 aromatic rings. The molecular weight excluding hydrogens is 256 g/mol. The Hall–Kier alpha value is -1.79. The summed E-state index contributed by atoms with van der Waals surface area (Å²) >= 11 is 5.91. The summed E-state index contributed by atoms with van der Waals surface area (Å²) < 4.78 is 7.14. The fourth-order valence-electron chi connectivity index (χ4n) is 1.65. The van der Waals surface area contributed by atoms with Crippen molar-refractivity contribution < 1.29 is 9.21 Å². The molecule has 0 spiro atoms. The van der Waals surface area contributed by atoms with Crippen molar-refractivity contribution in [1.82, 2.24) is 15.2 Å². The first kappa shape index (κ1) is 12.7. The molecule has 18 heavy (non-hydrogen) atoms. The molecule has 0 aliphatic rings. The third kappa shape index (κ3) is 2.25. The van der Waals surface area contributed by atoms with Gasteiger partial charge in [-0.05, 0) is 19.9 Å². The van der Waals surface area contributed by atoms with E-state index in [0.717, 1.165) is 11.3 Å². The van der Waals surface area contributed by atoms with Crippen molar-refractivity contribution in [3.8, 4) is 0 Å². The first-order valence-electron chi connectivity index (χ1n) is 5.31. The lowest BCUT2D eigenvalue weighted by molar-refractivity contribution is 0.0923. The van der Waals surface area contributed by atoms with E-state index in [9.17, 15) is 4.79 Å². The van der Waals surface area contributed by atoms with E-state index < -0.39 is 5.91 Å². The molecule has 0 unspecified atom stereocenters. The number of rotatable bonds is 3. The van der Waals surface area contributed by atoms with Gasteiger partial charge in [0, 0.05) is 5.56 Å². The van der Waals surface area contributed by atoms with Crippen LogP contribution in [0.2, 0.25) is 5.02 Å². The minimum Gasteiger partial charge on any atom is -0.454 e. The standard InChI is InChI=1S/C11H13ClN4O2/c1-6-3-8(18-10(6)11(17)15-13)5-16-7(2)9(12)4-14-16/h3-4H,5,13H2,1-2H3,(H,15,17). The molecule has 6 nitrogen and oxygen atoms in total. The van der Waals surface area contributed by atoms with Gasteiger partial charge < -0.3 is 4.42 Å². The molecule has 0 radical (unpaired) electrons. The number of hydrogen-bond acceptors (Lipinski definition) is 4. The zero-order chi connectivity index (χ0) is 13.3. The average molecular weight is 269 g/mol. The number of aromatic nitrogens is 2. The van der Waals surface area contributed by atoms with E-state index in [1.165, 1.54) is 0 Å². The van der Waals surface area contributed by atoms with Crippen molar-refractivity contribution >= 4 is 17.5 Å². The van der Waals surface area contributed by atoms with Crippen molar-refractivity contribution in [2.75, 3.05) is 0 Å². The SMILES string of the molecule is Cc1cc(Cn2ncc(Cl)c2C)oc1C(=O)NN. The Morgan fingerprint density at radius 1 is 1.61 bits per heavy atom. The summed E-state index contributed by atoms with van der Waals surface area (Å²) in [5.74, 6) is 5.45. The Morgan fingerprint density at radius 2 is 2.33 bits per heavy atom. The van der Waals surface area contributed by atoms with Crippen LogP contribution in [0.1, 0.15) is 27.6 Å². The number of hydrazine groups is 1. The van der Waals surface area contributed by atoms with Gasteiger partial charge in [-0.3, -0.25) is 14.9 Å². The van der Waals surface area contributed by atoms with Gasteiger partial charge in [0.25, 0.3) is 0 Å². The summed E-state index contributed by atoms with van der Waals surface area (Å²) in [6.07, 6.45) is 1.57. The van der Waals surface area contributed by atoms with Gasteiger partial charge in [0.15, 0.2) is 5.76 Å². The molecule has 0 bridgehead atoms. The highest BCUT2D eigenvalue weighted by Gasteiger charge is 2.15. The number of nitrogens with two attached hydrogens (primary N) is 1. The van der Waals surface area contributed by atoms with E-state index in [1.807, 2.05) is 12.3 Å². The molecule has 0 aromatic carbocycles. The molecule has 96 valence electrons. The molecule has 0 saturated heterocycles. The number of nitrogens with one attached hydrogen (secondary N) is 1. The number of furan rings is 1. The van der Waals surface area contributed by atoms with Crippen molar-refractivity contribution in [2.24, 2.45) is 5.84 Å². The topological polar surface area (TPSA) is 86.1 Å². The largest absolute Gasteiger partial charge is 0.454 e. The van der Waals surface area contributed by atoms with Gasteiger partial charge in [-0.25, -0.2) is 5.84 Å². The van der Waals surface area contributed by atoms with E-state index in [0.29, 0.717) is 17.3 Å². The maximum Gasteiger partial charge on any atom is 0.301 e. The van der Waals surface area contributed by atoms with Gasteiger partial charge >= 0.3 is 5.91 Å². The number of carbonyl (C=O) groups is 1. The summed E-state index contributed by atoms with van der Waals surface area (Å²) in [6, 6.07) is 1.78. The van der Waals surface area contributed by atoms with Crippen molar-refractivity contribution in [3.63, 3.8) is 0 Å². The van der Waals surface area contributed by atoms with Gasteiger partial charge in [-0.15, -0.1) is 0 Å². The molecule has 0 aliphatic carbocycles. The number of amides is 1. The van der Waals surface area contributed by atoms with E-state index in [-0.39, 0.29) is 5.76 Å². The lowest BCUT2D eigenvalue weighted by atomic mass is 10.2. The third-order valence-electron chi connectivity index (χ3n) is 2.66. The molecule has 1 amide bonds.